The molecule has 0 spiro atoms. The predicted octanol–water partition coefficient (Wildman–Crippen LogP) is 2.77. The second kappa shape index (κ2) is 5.43. The van der Waals surface area contributed by atoms with Crippen molar-refractivity contribution >= 4 is 0 Å². The summed E-state index contributed by atoms with van der Waals surface area (Å²) in [5, 5.41) is 9.19. The first-order valence-electron chi connectivity index (χ1n) is 6.44. The zero-order chi connectivity index (χ0) is 14.7. The molecule has 0 aliphatic rings. The van der Waals surface area contributed by atoms with E-state index in [0.717, 1.165) is 5.56 Å². The average Bonchev–Trinajstić information content (AvgIpc) is 2.56. The Kier molecular flexibility index (Phi) is 3.32. The molecule has 2 aromatic carbocycles. The van der Waals surface area contributed by atoms with Crippen LogP contribution >= 0.6 is 0 Å². The zero-order valence-corrected chi connectivity index (χ0v) is 11.1. The summed E-state index contributed by atoms with van der Waals surface area (Å²) in [5.74, 6) is 0.0749. The van der Waals surface area contributed by atoms with Crippen molar-refractivity contribution in [2.24, 2.45) is 0 Å². The molecule has 1 heterocycles. The van der Waals surface area contributed by atoms with Gasteiger partial charge in [-0.1, -0.05) is 48.5 Å². The minimum atomic E-state index is -0.251. The van der Waals surface area contributed by atoms with Gasteiger partial charge in [0.1, 0.15) is 6.07 Å². The molecule has 4 nitrogen and oxygen atoms in total. The third kappa shape index (κ3) is 2.33. The van der Waals surface area contributed by atoms with E-state index in [4.69, 9.17) is 0 Å². The molecule has 0 aliphatic carbocycles. The highest BCUT2D eigenvalue weighted by atomic mass is 16.1. The van der Waals surface area contributed by atoms with Crippen molar-refractivity contribution in [3.8, 4) is 22.9 Å². The number of hydrogen-bond acceptors (Lipinski definition) is 3. The molecule has 4 heteroatoms. The molecular weight excluding hydrogens is 262 g/mol. The van der Waals surface area contributed by atoms with E-state index in [9.17, 15) is 10.1 Å². The lowest BCUT2D eigenvalue weighted by Crippen LogP contribution is -2.23. The Morgan fingerprint density at radius 3 is 2.19 bits per heavy atom. The van der Waals surface area contributed by atoms with Crippen LogP contribution in [0.25, 0.3) is 16.8 Å². The lowest BCUT2D eigenvalue weighted by atomic mass is 10.1. The van der Waals surface area contributed by atoms with Gasteiger partial charge in [-0.3, -0.25) is 9.36 Å². The third-order valence-electron chi connectivity index (χ3n) is 3.16. The highest BCUT2D eigenvalue weighted by Gasteiger charge is 2.12. The molecule has 21 heavy (non-hydrogen) atoms. The molecule has 0 fully saturated rings. The Morgan fingerprint density at radius 1 is 0.952 bits per heavy atom. The molecule has 0 amide bonds. The third-order valence-corrected chi connectivity index (χ3v) is 3.16. The quantitative estimate of drug-likeness (QED) is 0.721. The van der Waals surface area contributed by atoms with Crippen LogP contribution in [0.2, 0.25) is 0 Å². The minimum Gasteiger partial charge on any atom is -0.268 e. The normalized spacial score (nSPS) is 10.0. The van der Waals surface area contributed by atoms with Crippen molar-refractivity contribution in [3.05, 3.63) is 83.0 Å². The number of rotatable bonds is 2. The van der Waals surface area contributed by atoms with Crippen LogP contribution < -0.4 is 5.56 Å². The molecule has 1 aromatic heterocycles. The van der Waals surface area contributed by atoms with Gasteiger partial charge in [-0.15, -0.1) is 0 Å². The van der Waals surface area contributed by atoms with E-state index in [0.29, 0.717) is 11.3 Å². The van der Waals surface area contributed by atoms with Gasteiger partial charge in [0, 0.05) is 6.20 Å². The molecule has 3 aromatic rings. The highest BCUT2D eigenvalue weighted by Crippen LogP contribution is 2.15. The van der Waals surface area contributed by atoms with Gasteiger partial charge >= 0.3 is 0 Å². The first-order chi connectivity index (χ1) is 10.3. The molecule has 0 bridgehead atoms. The summed E-state index contributed by atoms with van der Waals surface area (Å²) in [7, 11) is 0. The standard InChI is InChI=1S/C17H11N3O/c18-11-16-19-12-15(13-7-3-1-4-8-13)17(21)20(16)14-9-5-2-6-10-14/h1-10,12H. The Morgan fingerprint density at radius 2 is 1.57 bits per heavy atom. The minimum absolute atomic E-state index is 0.0749. The summed E-state index contributed by atoms with van der Waals surface area (Å²) < 4.78 is 1.34. The second-order valence-electron chi connectivity index (χ2n) is 4.45. The van der Waals surface area contributed by atoms with Crippen molar-refractivity contribution in [2.45, 2.75) is 0 Å². The van der Waals surface area contributed by atoms with Gasteiger partial charge < -0.3 is 0 Å². The number of aromatic nitrogens is 2. The van der Waals surface area contributed by atoms with E-state index in [-0.39, 0.29) is 11.4 Å². The van der Waals surface area contributed by atoms with Gasteiger partial charge in [0.25, 0.3) is 5.56 Å². The van der Waals surface area contributed by atoms with E-state index < -0.39 is 0 Å². The average molecular weight is 273 g/mol. The summed E-state index contributed by atoms with van der Waals surface area (Å²) in [4.78, 5) is 16.8. The van der Waals surface area contributed by atoms with Crippen molar-refractivity contribution in [1.82, 2.24) is 9.55 Å². The first-order valence-corrected chi connectivity index (χ1v) is 6.44. The fourth-order valence-corrected chi connectivity index (χ4v) is 2.17. The van der Waals surface area contributed by atoms with Crippen molar-refractivity contribution in [1.29, 1.82) is 5.26 Å². The van der Waals surface area contributed by atoms with Gasteiger partial charge in [-0.25, -0.2) is 4.98 Å². The zero-order valence-electron chi connectivity index (χ0n) is 11.1. The van der Waals surface area contributed by atoms with Crippen molar-refractivity contribution < 1.29 is 0 Å². The SMILES string of the molecule is N#Cc1ncc(-c2ccccc2)c(=O)n1-c1ccccc1. The monoisotopic (exact) mass is 273 g/mol. The second-order valence-corrected chi connectivity index (χ2v) is 4.45. The van der Waals surface area contributed by atoms with Gasteiger partial charge in [0.05, 0.1) is 11.3 Å². The Labute approximate surface area is 121 Å². The molecule has 0 radical (unpaired) electrons. The van der Waals surface area contributed by atoms with E-state index in [2.05, 4.69) is 4.98 Å². The fraction of sp³-hybridized carbons (Fsp3) is 0. The van der Waals surface area contributed by atoms with Gasteiger partial charge in [0.2, 0.25) is 5.82 Å². The largest absolute Gasteiger partial charge is 0.268 e. The molecule has 0 aliphatic heterocycles. The van der Waals surface area contributed by atoms with Crippen LogP contribution in [0.3, 0.4) is 0 Å². The Hall–Kier alpha value is -3.19. The molecule has 0 unspecified atom stereocenters. The van der Waals surface area contributed by atoms with Crippen molar-refractivity contribution in [3.63, 3.8) is 0 Å². The van der Waals surface area contributed by atoms with E-state index >= 15 is 0 Å². The molecule has 0 atom stereocenters. The molecule has 3 rings (SSSR count). The highest BCUT2D eigenvalue weighted by molar-refractivity contribution is 5.62. The van der Waals surface area contributed by atoms with Crippen LogP contribution in [0.1, 0.15) is 5.82 Å². The van der Waals surface area contributed by atoms with Gasteiger partial charge in [-0.05, 0) is 17.7 Å². The van der Waals surface area contributed by atoms with E-state index in [1.54, 1.807) is 12.1 Å². The summed E-state index contributed by atoms with van der Waals surface area (Å²) in [5.41, 5.74) is 1.63. The van der Waals surface area contributed by atoms with Gasteiger partial charge in [-0.2, -0.15) is 5.26 Å². The number of nitriles is 1. The van der Waals surface area contributed by atoms with E-state index in [1.165, 1.54) is 10.8 Å². The van der Waals surface area contributed by atoms with Crippen LogP contribution in [0.5, 0.6) is 0 Å². The van der Waals surface area contributed by atoms with Crippen molar-refractivity contribution in [2.75, 3.05) is 0 Å². The molecule has 0 saturated heterocycles. The first kappa shape index (κ1) is 12.8. The summed E-state index contributed by atoms with van der Waals surface area (Å²) in [6.07, 6.45) is 1.45. The van der Waals surface area contributed by atoms with Crippen LogP contribution in [0.4, 0.5) is 0 Å². The molecule has 0 N–H and O–H groups in total. The van der Waals surface area contributed by atoms with Crippen LogP contribution in [0, 0.1) is 11.3 Å². The number of nitrogens with zero attached hydrogens (tertiary/aromatic N) is 3. The lowest BCUT2D eigenvalue weighted by Gasteiger charge is -2.09. The van der Waals surface area contributed by atoms with Gasteiger partial charge in [0.15, 0.2) is 0 Å². The van der Waals surface area contributed by atoms with Crippen LogP contribution in [-0.2, 0) is 0 Å². The number of hydrogen-bond donors (Lipinski definition) is 0. The predicted molar refractivity (Wildman–Crippen MR) is 80.0 cm³/mol. The maximum Gasteiger partial charge on any atom is 0.266 e. The summed E-state index contributed by atoms with van der Waals surface area (Å²) >= 11 is 0. The maximum atomic E-state index is 12.7. The Balaban J connectivity index is 2.29. The maximum absolute atomic E-state index is 12.7. The lowest BCUT2D eigenvalue weighted by molar-refractivity contribution is 0.910. The smallest absolute Gasteiger partial charge is 0.266 e. The van der Waals surface area contributed by atoms with Crippen LogP contribution in [-0.4, -0.2) is 9.55 Å². The number of para-hydroxylation sites is 1. The number of benzene rings is 2. The van der Waals surface area contributed by atoms with Crippen LogP contribution in [0.15, 0.2) is 71.7 Å². The van der Waals surface area contributed by atoms with E-state index in [1.807, 2.05) is 54.6 Å². The molecule has 0 saturated carbocycles. The summed E-state index contributed by atoms with van der Waals surface area (Å²) in [6.45, 7) is 0. The Bertz CT molecular complexity index is 862. The summed E-state index contributed by atoms with van der Waals surface area (Å²) in [6, 6.07) is 20.3. The molecule has 100 valence electrons. The fourth-order valence-electron chi connectivity index (χ4n) is 2.17. The molecular formula is C17H11N3O. The topological polar surface area (TPSA) is 58.7 Å².